The number of piperazine rings is 1. The second-order valence-electron chi connectivity index (χ2n) is 8.15. The summed E-state index contributed by atoms with van der Waals surface area (Å²) in [6.07, 6.45) is 1.76. The number of phenolic OH excluding ortho intramolecular Hbond substituents is 1. The van der Waals surface area contributed by atoms with Crippen molar-refractivity contribution in [2.45, 2.75) is 0 Å². The molecule has 3 aromatic carbocycles. The Bertz CT molecular complexity index is 1270. The topological polar surface area (TPSA) is 81.6 Å². The van der Waals surface area contributed by atoms with Gasteiger partial charge in [-0.3, -0.25) is 14.7 Å². The standard InChI is InChI=1S/C26H25N5O2/c32-22-10-8-21(9-11-22)31-14-12-30(13-15-31)18-26(33)28-20-5-3-4-19(16-20)25-17-27-23-6-1-2-7-24(23)29-25/h1-11,16-17,32H,12-15,18H2,(H,28,33). The summed E-state index contributed by atoms with van der Waals surface area (Å²) >= 11 is 0. The van der Waals surface area contributed by atoms with Gasteiger partial charge in [0.1, 0.15) is 5.75 Å². The molecule has 166 valence electrons. The van der Waals surface area contributed by atoms with Crippen LogP contribution in [0, 0.1) is 0 Å². The molecule has 0 saturated carbocycles. The minimum atomic E-state index is -0.0326. The molecule has 5 rings (SSSR count). The first-order valence-corrected chi connectivity index (χ1v) is 11.0. The fourth-order valence-corrected chi connectivity index (χ4v) is 4.08. The van der Waals surface area contributed by atoms with Crippen LogP contribution in [0.4, 0.5) is 11.4 Å². The Morgan fingerprint density at radius 3 is 2.45 bits per heavy atom. The quantitative estimate of drug-likeness (QED) is 0.493. The van der Waals surface area contributed by atoms with E-state index in [2.05, 4.69) is 20.1 Å². The van der Waals surface area contributed by atoms with Gasteiger partial charge < -0.3 is 15.3 Å². The highest BCUT2D eigenvalue weighted by Gasteiger charge is 2.19. The average molecular weight is 440 g/mol. The molecule has 1 aliphatic rings. The summed E-state index contributed by atoms with van der Waals surface area (Å²) in [6.45, 7) is 3.65. The number of carbonyl (C=O) groups excluding carboxylic acids is 1. The van der Waals surface area contributed by atoms with Gasteiger partial charge in [0, 0.05) is 43.1 Å². The Balaban J connectivity index is 1.19. The molecule has 1 fully saturated rings. The fourth-order valence-electron chi connectivity index (χ4n) is 4.08. The second kappa shape index (κ2) is 9.26. The predicted octanol–water partition coefficient (Wildman–Crippen LogP) is 3.76. The predicted molar refractivity (Wildman–Crippen MR) is 130 cm³/mol. The Kier molecular flexibility index (Phi) is 5.87. The molecule has 0 radical (unpaired) electrons. The number of phenols is 1. The number of hydrogen-bond acceptors (Lipinski definition) is 6. The minimum Gasteiger partial charge on any atom is -0.508 e. The van der Waals surface area contributed by atoms with Gasteiger partial charge in [-0.1, -0.05) is 24.3 Å². The Morgan fingerprint density at radius 2 is 1.67 bits per heavy atom. The molecule has 1 saturated heterocycles. The number of aromatic nitrogens is 2. The first-order valence-electron chi connectivity index (χ1n) is 11.0. The molecule has 1 amide bonds. The van der Waals surface area contributed by atoms with Crippen LogP contribution in [0.3, 0.4) is 0 Å². The fraction of sp³-hybridized carbons (Fsp3) is 0.192. The summed E-state index contributed by atoms with van der Waals surface area (Å²) in [5, 5.41) is 12.5. The molecule has 2 heterocycles. The van der Waals surface area contributed by atoms with E-state index < -0.39 is 0 Å². The molecule has 1 aromatic heterocycles. The number of nitrogens with zero attached hydrogens (tertiary/aromatic N) is 4. The molecule has 7 heteroatoms. The number of carbonyl (C=O) groups is 1. The van der Waals surface area contributed by atoms with Crippen molar-refractivity contribution in [1.82, 2.24) is 14.9 Å². The van der Waals surface area contributed by atoms with Gasteiger partial charge in [0.05, 0.1) is 29.5 Å². The largest absolute Gasteiger partial charge is 0.508 e. The Hall–Kier alpha value is -3.97. The first kappa shape index (κ1) is 20.9. The van der Waals surface area contributed by atoms with Crippen LogP contribution in [0.1, 0.15) is 0 Å². The second-order valence-corrected chi connectivity index (χ2v) is 8.15. The first-order chi connectivity index (χ1) is 16.1. The molecular weight excluding hydrogens is 414 g/mol. The maximum Gasteiger partial charge on any atom is 0.238 e. The van der Waals surface area contributed by atoms with Gasteiger partial charge in [-0.05, 0) is 48.5 Å². The molecule has 7 nitrogen and oxygen atoms in total. The van der Waals surface area contributed by atoms with Crippen LogP contribution in [-0.4, -0.2) is 58.6 Å². The molecule has 1 aliphatic heterocycles. The third-order valence-corrected chi connectivity index (χ3v) is 5.85. The maximum absolute atomic E-state index is 12.7. The molecule has 0 spiro atoms. The van der Waals surface area contributed by atoms with Gasteiger partial charge in [0.15, 0.2) is 0 Å². The number of benzene rings is 3. The van der Waals surface area contributed by atoms with Crippen molar-refractivity contribution >= 4 is 28.3 Å². The number of aromatic hydroxyl groups is 1. The van der Waals surface area contributed by atoms with Crippen molar-refractivity contribution in [2.75, 3.05) is 42.9 Å². The number of hydrogen-bond donors (Lipinski definition) is 2. The van der Waals surface area contributed by atoms with Crippen molar-refractivity contribution < 1.29 is 9.90 Å². The number of rotatable bonds is 5. The summed E-state index contributed by atoms with van der Waals surface area (Å²) in [5.74, 6) is 0.237. The van der Waals surface area contributed by atoms with Crippen LogP contribution in [0.25, 0.3) is 22.3 Å². The van der Waals surface area contributed by atoms with Gasteiger partial charge in [-0.15, -0.1) is 0 Å². The number of nitrogens with one attached hydrogen (secondary N) is 1. The van der Waals surface area contributed by atoms with E-state index in [0.29, 0.717) is 6.54 Å². The lowest BCUT2D eigenvalue weighted by Crippen LogP contribution is -2.48. The average Bonchev–Trinajstić information content (AvgIpc) is 2.85. The molecule has 0 unspecified atom stereocenters. The Morgan fingerprint density at radius 1 is 0.909 bits per heavy atom. The molecule has 0 aliphatic carbocycles. The van der Waals surface area contributed by atoms with Crippen LogP contribution in [0.15, 0.2) is 79.0 Å². The normalized spacial score (nSPS) is 14.4. The van der Waals surface area contributed by atoms with E-state index in [4.69, 9.17) is 4.98 Å². The van der Waals surface area contributed by atoms with Crippen LogP contribution in [0.5, 0.6) is 5.75 Å². The lowest BCUT2D eigenvalue weighted by molar-refractivity contribution is -0.117. The zero-order valence-electron chi connectivity index (χ0n) is 18.2. The van der Waals surface area contributed by atoms with Crippen molar-refractivity contribution in [3.8, 4) is 17.0 Å². The van der Waals surface area contributed by atoms with E-state index in [1.807, 2.05) is 60.7 Å². The molecule has 0 atom stereocenters. The zero-order valence-corrected chi connectivity index (χ0v) is 18.2. The third kappa shape index (κ3) is 4.94. The highest BCUT2D eigenvalue weighted by Crippen LogP contribution is 2.23. The number of para-hydroxylation sites is 2. The van der Waals surface area contributed by atoms with E-state index in [9.17, 15) is 9.90 Å². The molecule has 4 aromatic rings. The smallest absolute Gasteiger partial charge is 0.238 e. The lowest BCUT2D eigenvalue weighted by atomic mass is 10.1. The summed E-state index contributed by atoms with van der Waals surface area (Å²) in [7, 11) is 0. The monoisotopic (exact) mass is 439 g/mol. The van der Waals surface area contributed by atoms with Gasteiger partial charge >= 0.3 is 0 Å². The van der Waals surface area contributed by atoms with Crippen LogP contribution in [0.2, 0.25) is 0 Å². The SMILES string of the molecule is O=C(CN1CCN(c2ccc(O)cc2)CC1)Nc1cccc(-c2cnc3ccccc3n2)c1. The Labute approximate surface area is 192 Å². The molecule has 0 bridgehead atoms. The third-order valence-electron chi connectivity index (χ3n) is 5.85. The highest BCUT2D eigenvalue weighted by molar-refractivity contribution is 5.93. The lowest BCUT2D eigenvalue weighted by Gasteiger charge is -2.35. The zero-order chi connectivity index (χ0) is 22.6. The van der Waals surface area contributed by atoms with Crippen LogP contribution >= 0.6 is 0 Å². The van der Waals surface area contributed by atoms with Crippen LogP contribution < -0.4 is 10.2 Å². The van der Waals surface area contributed by atoms with Crippen molar-refractivity contribution in [3.63, 3.8) is 0 Å². The van der Waals surface area contributed by atoms with E-state index >= 15 is 0 Å². The number of anilines is 2. The molecule has 33 heavy (non-hydrogen) atoms. The number of amides is 1. The van der Waals surface area contributed by atoms with Crippen molar-refractivity contribution in [2.24, 2.45) is 0 Å². The van der Waals surface area contributed by atoms with E-state index in [1.165, 1.54) is 0 Å². The summed E-state index contributed by atoms with van der Waals surface area (Å²) < 4.78 is 0. The van der Waals surface area contributed by atoms with Gasteiger partial charge in [-0.25, -0.2) is 4.98 Å². The number of fused-ring (bicyclic) bond motifs is 1. The summed E-state index contributed by atoms with van der Waals surface area (Å²) in [6, 6.07) is 22.7. The van der Waals surface area contributed by atoms with Gasteiger partial charge in [0.2, 0.25) is 5.91 Å². The van der Waals surface area contributed by atoms with E-state index in [0.717, 1.165) is 59.8 Å². The minimum absolute atomic E-state index is 0.0326. The van der Waals surface area contributed by atoms with E-state index in [1.54, 1.807) is 18.3 Å². The van der Waals surface area contributed by atoms with Crippen molar-refractivity contribution in [1.29, 1.82) is 0 Å². The van der Waals surface area contributed by atoms with E-state index in [-0.39, 0.29) is 11.7 Å². The molecule has 2 N–H and O–H groups in total. The van der Waals surface area contributed by atoms with Crippen molar-refractivity contribution in [3.05, 3.63) is 79.0 Å². The summed E-state index contributed by atoms with van der Waals surface area (Å²) in [4.78, 5) is 26.3. The van der Waals surface area contributed by atoms with Crippen LogP contribution in [-0.2, 0) is 4.79 Å². The van der Waals surface area contributed by atoms with Gasteiger partial charge in [0.25, 0.3) is 0 Å². The highest BCUT2D eigenvalue weighted by atomic mass is 16.3. The maximum atomic E-state index is 12.7. The summed E-state index contributed by atoms with van der Waals surface area (Å²) in [5.41, 5.74) is 5.22. The molecular formula is C26H25N5O2. The van der Waals surface area contributed by atoms with Gasteiger partial charge in [-0.2, -0.15) is 0 Å².